The normalized spacial score (nSPS) is 11.9. The average molecular weight is 400 g/mol. The van der Waals surface area contributed by atoms with Gasteiger partial charge in [-0.25, -0.2) is 13.2 Å². The molecule has 2 N–H and O–H groups in total. The second-order valence-corrected chi connectivity index (χ2v) is 8.00. The third-order valence-corrected chi connectivity index (χ3v) is 4.81. The number of anilines is 1. The molecule has 0 spiro atoms. The Balaban J connectivity index is 1.82. The van der Waals surface area contributed by atoms with Gasteiger partial charge in [-0.05, 0) is 42.7 Å². The third-order valence-electron chi connectivity index (χ3n) is 3.70. The highest BCUT2D eigenvalue weighted by atomic mass is 32.2. The molecule has 0 saturated carbocycles. The van der Waals surface area contributed by atoms with Gasteiger partial charge in [0.2, 0.25) is 0 Å². The van der Waals surface area contributed by atoms with E-state index in [0.717, 1.165) is 18.4 Å². The standard InChI is InChI=1S/C18H19F3N2O3S/c1-27(25,26)16-9-3-8-15(12-16)23-17(24)22-10-4-6-13-5-2-7-14(11-13)18(19,20)21/h2-3,5,7-9,11-12H,4,6,10H2,1H3,(H2,22,23,24). The first-order valence-electron chi connectivity index (χ1n) is 8.07. The van der Waals surface area contributed by atoms with Gasteiger partial charge in [0.25, 0.3) is 0 Å². The van der Waals surface area contributed by atoms with Crippen molar-refractivity contribution in [1.82, 2.24) is 5.32 Å². The minimum atomic E-state index is -4.38. The number of carbonyl (C=O) groups excluding carboxylic acids is 1. The molecule has 0 heterocycles. The van der Waals surface area contributed by atoms with E-state index in [2.05, 4.69) is 10.6 Å². The van der Waals surface area contributed by atoms with Crippen molar-refractivity contribution < 1.29 is 26.4 Å². The van der Waals surface area contributed by atoms with Gasteiger partial charge < -0.3 is 10.6 Å². The predicted octanol–water partition coefficient (Wildman–Crippen LogP) is 3.86. The van der Waals surface area contributed by atoms with Crippen LogP contribution in [0.1, 0.15) is 17.5 Å². The van der Waals surface area contributed by atoms with E-state index in [1.54, 1.807) is 12.1 Å². The zero-order valence-corrected chi connectivity index (χ0v) is 15.3. The van der Waals surface area contributed by atoms with Crippen LogP contribution in [-0.2, 0) is 22.4 Å². The molecule has 0 fully saturated rings. The van der Waals surface area contributed by atoms with Gasteiger partial charge in [0.05, 0.1) is 10.5 Å². The van der Waals surface area contributed by atoms with Crippen molar-refractivity contribution in [1.29, 1.82) is 0 Å². The van der Waals surface area contributed by atoms with E-state index in [0.29, 0.717) is 24.1 Å². The molecular weight excluding hydrogens is 381 g/mol. The van der Waals surface area contributed by atoms with Crippen LogP contribution in [0.3, 0.4) is 0 Å². The van der Waals surface area contributed by atoms with Crippen LogP contribution in [0.4, 0.5) is 23.7 Å². The number of hydrogen-bond acceptors (Lipinski definition) is 3. The summed E-state index contributed by atoms with van der Waals surface area (Å²) in [7, 11) is -3.38. The molecule has 5 nitrogen and oxygen atoms in total. The number of hydrogen-bond donors (Lipinski definition) is 2. The minimum absolute atomic E-state index is 0.0878. The van der Waals surface area contributed by atoms with E-state index in [1.807, 2.05) is 0 Å². The van der Waals surface area contributed by atoms with Crippen molar-refractivity contribution in [2.24, 2.45) is 0 Å². The van der Waals surface area contributed by atoms with E-state index in [-0.39, 0.29) is 11.4 Å². The van der Waals surface area contributed by atoms with Gasteiger partial charge in [-0.15, -0.1) is 0 Å². The topological polar surface area (TPSA) is 75.3 Å². The molecule has 2 rings (SSSR count). The highest BCUT2D eigenvalue weighted by Gasteiger charge is 2.30. The molecule has 2 amide bonds. The van der Waals surface area contributed by atoms with Gasteiger partial charge in [0.15, 0.2) is 9.84 Å². The molecule has 2 aromatic carbocycles. The Kier molecular flexibility index (Phi) is 6.48. The first-order chi connectivity index (χ1) is 12.6. The Bertz CT molecular complexity index is 912. The monoisotopic (exact) mass is 400 g/mol. The average Bonchev–Trinajstić information content (AvgIpc) is 2.58. The highest BCUT2D eigenvalue weighted by Crippen LogP contribution is 2.29. The van der Waals surface area contributed by atoms with Crippen LogP contribution in [0.25, 0.3) is 0 Å². The quantitative estimate of drug-likeness (QED) is 0.723. The summed E-state index contributed by atoms with van der Waals surface area (Å²) in [5.41, 5.74) is 0.164. The molecule has 0 aliphatic carbocycles. The van der Waals surface area contributed by atoms with E-state index in [1.165, 1.54) is 24.3 Å². The summed E-state index contributed by atoms with van der Waals surface area (Å²) < 4.78 is 61.0. The first-order valence-corrected chi connectivity index (χ1v) is 9.96. The summed E-state index contributed by atoms with van der Waals surface area (Å²) in [5, 5.41) is 5.10. The summed E-state index contributed by atoms with van der Waals surface area (Å²) in [6.45, 7) is 0.258. The smallest absolute Gasteiger partial charge is 0.338 e. The Hall–Kier alpha value is -2.55. The Morgan fingerprint density at radius 2 is 1.78 bits per heavy atom. The molecule has 0 bridgehead atoms. The number of rotatable bonds is 6. The number of benzene rings is 2. The zero-order valence-electron chi connectivity index (χ0n) is 14.5. The lowest BCUT2D eigenvalue weighted by Crippen LogP contribution is -2.29. The fourth-order valence-electron chi connectivity index (χ4n) is 2.38. The van der Waals surface area contributed by atoms with E-state index >= 15 is 0 Å². The Labute approximate surface area is 155 Å². The number of urea groups is 1. The van der Waals surface area contributed by atoms with Crippen molar-refractivity contribution >= 4 is 21.6 Å². The summed E-state index contributed by atoms with van der Waals surface area (Å²) in [4.78, 5) is 11.9. The number of carbonyl (C=O) groups is 1. The summed E-state index contributed by atoms with van der Waals surface area (Å²) in [6, 6.07) is 10.4. The minimum Gasteiger partial charge on any atom is -0.338 e. The maximum atomic E-state index is 12.7. The number of alkyl halides is 3. The molecule has 0 radical (unpaired) electrons. The molecule has 2 aromatic rings. The third kappa shape index (κ3) is 6.59. The van der Waals surface area contributed by atoms with Crippen molar-refractivity contribution in [3.63, 3.8) is 0 Å². The number of amides is 2. The number of sulfone groups is 1. The molecule has 146 valence electrons. The van der Waals surface area contributed by atoms with Crippen LogP contribution in [-0.4, -0.2) is 27.2 Å². The SMILES string of the molecule is CS(=O)(=O)c1cccc(NC(=O)NCCCc2cccc(C(F)(F)F)c2)c1. The zero-order chi connectivity index (χ0) is 20.1. The first kappa shape index (κ1) is 20.8. The molecule has 0 aliphatic rings. The molecule has 0 aliphatic heterocycles. The number of halogens is 3. The molecule has 0 saturated heterocycles. The van der Waals surface area contributed by atoms with Crippen molar-refractivity contribution in [2.75, 3.05) is 18.1 Å². The second-order valence-electron chi connectivity index (χ2n) is 5.98. The lowest BCUT2D eigenvalue weighted by Gasteiger charge is -2.10. The van der Waals surface area contributed by atoms with Crippen LogP contribution in [0, 0.1) is 0 Å². The van der Waals surface area contributed by atoms with Crippen molar-refractivity contribution in [3.8, 4) is 0 Å². The fraction of sp³-hybridized carbons (Fsp3) is 0.278. The van der Waals surface area contributed by atoms with Crippen molar-refractivity contribution in [3.05, 3.63) is 59.7 Å². The van der Waals surface area contributed by atoms with Gasteiger partial charge in [-0.3, -0.25) is 0 Å². The molecule has 27 heavy (non-hydrogen) atoms. The molecule has 0 unspecified atom stereocenters. The van der Waals surface area contributed by atoms with Gasteiger partial charge in [-0.1, -0.05) is 24.3 Å². The number of nitrogens with one attached hydrogen (secondary N) is 2. The Morgan fingerprint density at radius 3 is 2.44 bits per heavy atom. The second kappa shape index (κ2) is 8.43. The fourth-order valence-corrected chi connectivity index (χ4v) is 3.04. The van der Waals surface area contributed by atoms with Gasteiger partial charge in [-0.2, -0.15) is 13.2 Å². The van der Waals surface area contributed by atoms with E-state index in [9.17, 15) is 26.4 Å². The van der Waals surface area contributed by atoms with Gasteiger partial charge in [0.1, 0.15) is 0 Å². The van der Waals surface area contributed by atoms with E-state index in [4.69, 9.17) is 0 Å². The lowest BCUT2D eigenvalue weighted by atomic mass is 10.1. The summed E-state index contributed by atoms with van der Waals surface area (Å²) in [6.07, 6.45) is -2.47. The van der Waals surface area contributed by atoms with Crippen LogP contribution < -0.4 is 10.6 Å². The largest absolute Gasteiger partial charge is 0.416 e. The molecule has 9 heteroatoms. The van der Waals surface area contributed by atoms with Crippen LogP contribution >= 0.6 is 0 Å². The van der Waals surface area contributed by atoms with Gasteiger partial charge >= 0.3 is 12.2 Å². The van der Waals surface area contributed by atoms with Crippen LogP contribution in [0.15, 0.2) is 53.4 Å². The molecular formula is C18H19F3N2O3S. The van der Waals surface area contributed by atoms with Gasteiger partial charge in [0, 0.05) is 18.5 Å². The maximum absolute atomic E-state index is 12.7. The maximum Gasteiger partial charge on any atom is 0.416 e. The lowest BCUT2D eigenvalue weighted by molar-refractivity contribution is -0.137. The summed E-state index contributed by atoms with van der Waals surface area (Å²) >= 11 is 0. The Morgan fingerprint density at radius 1 is 1.07 bits per heavy atom. The predicted molar refractivity (Wildman–Crippen MR) is 96.3 cm³/mol. The molecule has 0 aromatic heterocycles. The summed E-state index contributed by atoms with van der Waals surface area (Å²) in [5.74, 6) is 0. The van der Waals surface area contributed by atoms with Crippen molar-refractivity contribution in [2.45, 2.75) is 23.9 Å². The van der Waals surface area contributed by atoms with Crippen LogP contribution in [0.5, 0.6) is 0 Å². The van der Waals surface area contributed by atoms with E-state index < -0.39 is 27.6 Å². The number of aryl methyl sites for hydroxylation is 1. The van der Waals surface area contributed by atoms with Crippen LogP contribution in [0.2, 0.25) is 0 Å². The highest BCUT2D eigenvalue weighted by molar-refractivity contribution is 7.90. The molecule has 0 atom stereocenters.